The van der Waals surface area contributed by atoms with E-state index < -0.39 is 10.0 Å². The highest BCUT2D eigenvalue weighted by Crippen LogP contribution is 2.27. The van der Waals surface area contributed by atoms with Crippen LogP contribution in [0.5, 0.6) is 0 Å². The van der Waals surface area contributed by atoms with Crippen molar-refractivity contribution >= 4 is 44.4 Å². The second kappa shape index (κ2) is 7.04. The Hall–Kier alpha value is -1.02. The maximum absolute atomic E-state index is 11.5. The second-order valence-electron chi connectivity index (χ2n) is 4.90. The first kappa shape index (κ1) is 17.3. The van der Waals surface area contributed by atoms with Crippen LogP contribution in [0.25, 0.3) is 11.0 Å². The molecule has 0 radical (unpaired) electrons. The van der Waals surface area contributed by atoms with E-state index in [4.69, 9.17) is 16.7 Å². The molecule has 120 valence electrons. The summed E-state index contributed by atoms with van der Waals surface area (Å²) >= 11 is 7.30. The fraction of sp³-hybridized carbons (Fsp3) is 0.357. The van der Waals surface area contributed by atoms with Crippen LogP contribution in [0.2, 0.25) is 0 Å². The van der Waals surface area contributed by atoms with Gasteiger partial charge in [-0.25, -0.2) is 18.5 Å². The van der Waals surface area contributed by atoms with Crippen molar-refractivity contribution in [3.05, 3.63) is 29.8 Å². The van der Waals surface area contributed by atoms with Crippen LogP contribution in [-0.2, 0) is 16.6 Å². The Morgan fingerprint density at radius 2 is 2.23 bits per heavy atom. The summed E-state index contributed by atoms with van der Waals surface area (Å²) in [6, 6.07) is 4.76. The number of sulfonamides is 1. The maximum Gasteiger partial charge on any atom is 0.238 e. The summed E-state index contributed by atoms with van der Waals surface area (Å²) in [5, 5.41) is 6.52. The number of fused-ring (bicyclic) bond motifs is 1. The molecule has 0 aliphatic heterocycles. The lowest BCUT2D eigenvalue weighted by Gasteiger charge is -2.07. The van der Waals surface area contributed by atoms with Crippen molar-refractivity contribution < 1.29 is 8.42 Å². The largest absolute Gasteiger partial charge is 0.319 e. The summed E-state index contributed by atoms with van der Waals surface area (Å²) in [6.45, 7) is 6.61. The van der Waals surface area contributed by atoms with Crippen LogP contribution < -0.4 is 5.14 Å². The zero-order valence-corrected chi connectivity index (χ0v) is 14.6. The number of hydrogen-bond acceptors (Lipinski definition) is 4. The van der Waals surface area contributed by atoms with E-state index in [9.17, 15) is 8.42 Å². The number of aryl methyl sites for hydroxylation is 1. The van der Waals surface area contributed by atoms with Gasteiger partial charge in [-0.1, -0.05) is 43.3 Å². The standard InChI is InChI=1S/C14H18ClN3O2S2/c1-3-4-7-18-13-6-5-11(22(16,19)20)8-12(13)17-14(18)21-9-10(2)15/h5-6,8H,2-4,7,9H2,1H3,(H2,16,19,20). The molecule has 22 heavy (non-hydrogen) atoms. The predicted octanol–water partition coefficient (Wildman–Crippen LogP) is 3.33. The number of rotatable bonds is 7. The van der Waals surface area contributed by atoms with Crippen molar-refractivity contribution in [3.8, 4) is 0 Å². The van der Waals surface area contributed by atoms with Crippen LogP contribution in [0.15, 0.2) is 39.9 Å². The number of hydrogen-bond donors (Lipinski definition) is 1. The van der Waals surface area contributed by atoms with Crippen molar-refractivity contribution in [2.45, 2.75) is 36.4 Å². The number of halogens is 1. The predicted molar refractivity (Wildman–Crippen MR) is 91.7 cm³/mol. The minimum atomic E-state index is -3.73. The van der Waals surface area contributed by atoms with Gasteiger partial charge < -0.3 is 4.57 Å². The molecule has 0 atom stereocenters. The Labute approximate surface area is 139 Å². The monoisotopic (exact) mass is 359 g/mol. The molecule has 0 unspecified atom stereocenters. The summed E-state index contributed by atoms with van der Waals surface area (Å²) in [5.41, 5.74) is 1.51. The quantitative estimate of drug-likeness (QED) is 0.769. The summed E-state index contributed by atoms with van der Waals surface area (Å²) in [7, 11) is -3.73. The first-order valence-electron chi connectivity index (χ1n) is 6.82. The molecule has 0 aliphatic rings. The third kappa shape index (κ3) is 4.04. The molecule has 0 bridgehead atoms. The van der Waals surface area contributed by atoms with Gasteiger partial charge in [0.2, 0.25) is 10.0 Å². The lowest BCUT2D eigenvalue weighted by molar-refractivity contribution is 0.598. The minimum absolute atomic E-state index is 0.0680. The van der Waals surface area contributed by atoms with Crippen LogP contribution in [0.4, 0.5) is 0 Å². The molecule has 0 amide bonds. The Bertz CT molecular complexity index is 800. The average Bonchev–Trinajstić information content (AvgIpc) is 2.78. The van der Waals surface area contributed by atoms with E-state index >= 15 is 0 Å². The molecule has 0 saturated carbocycles. The molecule has 0 fully saturated rings. The topological polar surface area (TPSA) is 78.0 Å². The third-order valence-electron chi connectivity index (χ3n) is 3.11. The van der Waals surface area contributed by atoms with Crippen molar-refractivity contribution in [3.63, 3.8) is 0 Å². The first-order valence-corrected chi connectivity index (χ1v) is 9.73. The summed E-state index contributed by atoms with van der Waals surface area (Å²) in [5.74, 6) is 0.555. The number of benzene rings is 1. The van der Waals surface area contributed by atoms with Crippen molar-refractivity contribution in [2.75, 3.05) is 5.75 Å². The fourth-order valence-corrected chi connectivity index (χ4v) is 3.54. The number of nitrogens with zero attached hydrogens (tertiary/aromatic N) is 2. The molecule has 2 aromatic rings. The molecule has 0 aliphatic carbocycles. The van der Waals surface area contributed by atoms with Gasteiger partial charge in [-0.15, -0.1) is 0 Å². The smallest absolute Gasteiger partial charge is 0.238 e. The van der Waals surface area contributed by atoms with Gasteiger partial charge in [0.25, 0.3) is 0 Å². The zero-order chi connectivity index (χ0) is 16.3. The van der Waals surface area contributed by atoms with Gasteiger partial charge in [-0.3, -0.25) is 0 Å². The van der Waals surface area contributed by atoms with E-state index in [2.05, 4.69) is 23.1 Å². The number of thioether (sulfide) groups is 1. The Morgan fingerprint density at radius 1 is 1.50 bits per heavy atom. The van der Waals surface area contributed by atoms with Gasteiger partial charge in [-0.2, -0.15) is 0 Å². The zero-order valence-electron chi connectivity index (χ0n) is 12.3. The molecule has 0 saturated heterocycles. The summed E-state index contributed by atoms with van der Waals surface area (Å²) < 4.78 is 25.0. The van der Waals surface area contributed by atoms with Crippen LogP contribution in [0.1, 0.15) is 19.8 Å². The average molecular weight is 360 g/mol. The van der Waals surface area contributed by atoms with Gasteiger partial charge in [0, 0.05) is 17.3 Å². The van der Waals surface area contributed by atoms with E-state index in [-0.39, 0.29) is 4.90 Å². The van der Waals surface area contributed by atoms with E-state index in [0.717, 1.165) is 30.1 Å². The molecule has 2 rings (SSSR count). The number of unbranched alkanes of at least 4 members (excludes halogenated alkanes) is 1. The van der Waals surface area contributed by atoms with E-state index in [1.54, 1.807) is 6.07 Å². The molecule has 2 N–H and O–H groups in total. The van der Waals surface area contributed by atoms with E-state index in [1.807, 2.05) is 0 Å². The van der Waals surface area contributed by atoms with Crippen molar-refractivity contribution in [1.29, 1.82) is 0 Å². The summed E-state index contributed by atoms with van der Waals surface area (Å²) in [6.07, 6.45) is 2.07. The molecular weight excluding hydrogens is 342 g/mol. The fourth-order valence-electron chi connectivity index (χ4n) is 2.05. The van der Waals surface area contributed by atoms with Crippen molar-refractivity contribution in [1.82, 2.24) is 9.55 Å². The van der Waals surface area contributed by atoms with Crippen LogP contribution in [-0.4, -0.2) is 23.7 Å². The SMILES string of the molecule is C=C(Cl)CSc1nc2cc(S(N)(=O)=O)ccc2n1CCCC. The molecule has 8 heteroatoms. The molecule has 1 aromatic carbocycles. The van der Waals surface area contributed by atoms with Gasteiger partial charge in [0.15, 0.2) is 5.16 Å². The first-order chi connectivity index (χ1) is 10.3. The number of primary sulfonamides is 1. The van der Waals surface area contributed by atoms with Gasteiger partial charge in [-0.05, 0) is 24.6 Å². The Kier molecular flexibility index (Phi) is 5.55. The molecule has 1 heterocycles. The lowest BCUT2D eigenvalue weighted by atomic mass is 10.3. The number of aromatic nitrogens is 2. The Balaban J connectivity index is 2.49. The Morgan fingerprint density at radius 3 is 2.82 bits per heavy atom. The molecule has 5 nitrogen and oxygen atoms in total. The molecular formula is C14H18ClN3O2S2. The van der Waals surface area contributed by atoms with Crippen molar-refractivity contribution in [2.24, 2.45) is 5.14 Å². The molecule has 0 spiro atoms. The highest BCUT2D eigenvalue weighted by atomic mass is 35.5. The van der Waals surface area contributed by atoms with Gasteiger partial charge in [0.1, 0.15) is 0 Å². The maximum atomic E-state index is 11.5. The van der Waals surface area contributed by atoms with Crippen LogP contribution in [0.3, 0.4) is 0 Å². The van der Waals surface area contributed by atoms with Gasteiger partial charge in [0.05, 0.1) is 15.9 Å². The van der Waals surface area contributed by atoms with Crippen LogP contribution in [0, 0.1) is 0 Å². The van der Waals surface area contributed by atoms with E-state index in [1.165, 1.54) is 23.9 Å². The van der Waals surface area contributed by atoms with E-state index in [0.29, 0.717) is 16.3 Å². The van der Waals surface area contributed by atoms with Crippen LogP contribution >= 0.6 is 23.4 Å². The normalized spacial score (nSPS) is 12.0. The van der Waals surface area contributed by atoms with Gasteiger partial charge >= 0.3 is 0 Å². The summed E-state index contributed by atoms with van der Waals surface area (Å²) in [4.78, 5) is 4.59. The third-order valence-corrected chi connectivity index (χ3v) is 5.37. The number of imidazole rings is 1. The minimum Gasteiger partial charge on any atom is -0.319 e. The number of nitrogens with two attached hydrogens (primary N) is 1. The second-order valence-corrected chi connectivity index (χ2v) is 7.94. The lowest BCUT2D eigenvalue weighted by Crippen LogP contribution is -2.11. The highest BCUT2D eigenvalue weighted by Gasteiger charge is 2.15. The molecule has 1 aromatic heterocycles. The highest BCUT2D eigenvalue weighted by molar-refractivity contribution is 7.99.